The minimum absolute atomic E-state index is 0.249. The Bertz CT molecular complexity index is 1410. The van der Waals surface area contributed by atoms with Gasteiger partial charge in [-0.05, 0) is 31.8 Å². The zero-order valence-electron chi connectivity index (χ0n) is 26.6. The predicted molar refractivity (Wildman–Crippen MR) is 155 cm³/mol. The summed E-state index contributed by atoms with van der Waals surface area (Å²) in [5.41, 5.74) is -11.3. The first kappa shape index (κ1) is 38.0. The molecule has 0 spiro atoms. The number of methoxy groups -OCH3 is 2. The van der Waals surface area contributed by atoms with E-state index in [-0.39, 0.29) is 6.42 Å². The third-order valence-corrected chi connectivity index (χ3v) is 8.62. The maximum absolute atomic E-state index is 14.4. The van der Waals surface area contributed by atoms with Crippen molar-refractivity contribution in [2.45, 2.75) is 81.6 Å². The van der Waals surface area contributed by atoms with Crippen molar-refractivity contribution in [3.63, 3.8) is 0 Å². The van der Waals surface area contributed by atoms with Gasteiger partial charge in [0.1, 0.15) is 18.3 Å². The van der Waals surface area contributed by atoms with Crippen molar-refractivity contribution in [1.82, 2.24) is 0 Å². The molecule has 7 atom stereocenters. The Morgan fingerprint density at radius 2 is 1.26 bits per heavy atom. The molecule has 1 saturated carbocycles. The fraction of sp³-hybridized carbons (Fsp3) is 0.515. The molecule has 0 heterocycles. The van der Waals surface area contributed by atoms with Crippen LogP contribution in [0.4, 0.5) is 26.3 Å². The van der Waals surface area contributed by atoms with Gasteiger partial charge >= 0.3 is 24.3 Å². The molecule has 0 radical (unpaired) electrons. The molecule has 1 fully saturated rings. The lowest BCUT2D eigenvalue weighted by Gasteiger charge is -2.52. The van der Waals surface area contributed by atoms with E-state index in [1.165, 1.54) is 62.4 Å². The Morgan fingerprint density at radius 1 is 0.830 bits per heavy atom. The molecule has 2 N–H and O–H groups in total. The van der Waals surface area contributed by atoms with Gasteiger partial charge in [0.15, 0.2) is 0 Å². The van der Waals surface area contributed by atoms with Crippen molar-refractivity contribution in [2.24, 2.45) is 11.3 Å². The average molecular weight is 677 g/mol. The molecular formula is C33H38F6O8. The van der Waals surface area contributed by atoms with Crippen molar-refractivity contribution in [2.75, 3.05) is 14.2 Å². The summed E-state index contributed by atoms with van der Waals surface area (Å²) in [5.74, 6) is -4.62. The molecule has 260 valence electrons. The molecule has 2 aromatic rings. The highest BCUT2D eigenvalue weighted by molar-refractivity contribution is 5.83. The van der Waals surface area contributed by atoms with Crippen LogP contribution >= 0.6 is 0 Å². The summed E-state index contributed by atoms with van der Waals surface area (Å²) in [7, 11) is 1.42. The van der Waals surface area contributed by atoms with Crippen LogP contribution < -0.4 is 0 Å². The third-order valence-electron chi connectivity index (χ3n) is 8.62. The molecule has 0 aromatic heterocycles. The summed E-state index contributed by atoms with van der Waals surface area (Å²) < 4.78 is 106. The molecule has 1 aliphatic carbocycles. The molecule has 1 aliphatic rings. The molecule has 0 bridgehead atoms. The van der Waals surface area contributed by atoms with Gasteiger partial charge in [0, 0.05) is 31.3 Å². The number of esters is 2. The smallest absolute Gasteiger partial charge is 0.432 e. The van der Waals surface area contributed by atoms with E-state index in [1.807, 2.05) is 0 Å². The number of benzene rings is 2. The van der Waals surface area contributed by atoms with E-state index >= 15 is 0 Å². The van der Waals surface area contributed by atoms with Crippen molar-refractivity contribution in [3.8, 4) is 0 Å². The molecular weight excluding hydrogens is 638 g/mol. The number of rotatable bonds is 10. The van der Waals surface area contributed by atoms with Gasteiger partial charge in [-0.3, -0.25) is 0 Å². The second-order valence-corrected chi connectivity index (χ2v) is 12.3. The summed E-state index contributed by atoms with van der Waals surface area (Å²) in [6.07, 6.45) is -13.1. The van der Waals surface area contributed by atoms with Gasteiger partial charge < -0.3 is 29.2 Å². The number of aliphatic hydroxyl groups excluding tert-OH is 1. The van der Waals surface area contributed by atoms with Gasteiger partial charge in [-0.15, -0.1) is 0 Å². The molecule has 2 aromatic carbocycles. The second kappa shape index (κ2) is 13.6. The molecule has 8 nitrogen and oxygen atoms in total. The molecule has 0 amide bonds. The third kappa shape index (κ3) is 6.92. The summed E-state index contributed by atoms with van der Waals surface area (Å²) in [5, 5.41) is 22.6. The molecule has 0 saturated heterocycles. The van der Waals surface area contributed by atoms with E-state index in [2.05, 4.69) is 0 Å². The zero-order chi connectivity index (χ0) is 35.6. The Morgan fingerprint density at radius 3 is 1.66 bits per heavy atom. The van der Waals surface area contributed by atoms with E-state index in [9.17, 15) is 46.1 Å². The monoisotopic (exact) mass is 676 g/mol. The van der Waals surface area contributed by atoms with E-state index in [0.717, 1.165) is 31.4 Å². The lowest BCUT2D eigenvalue weighted by atomic mass is 9.59. The fourth-order valence-corrected chi connectivity index (χ4v) is 6.22. The highest BCUT2D eigenvalue weighted by Crippen LogP contribution is 2.50. The van der Waals surface area contributed by atoms with E-state index < -0.39 is 81.9 Å². The van der Waals surface area contributed by atoms with E-state index in [1.54, 1.807) is 13.8 Å². The molecule has 14 heteroatoms. The Kier molecular flexibility index (Phi) is 11.0. The minimum atomic E-state index is -5.27. The maximum Gasteiger partial charge on any atom is 0.432 e. The topological polar surface area (TPSA) is 112 Å². The lowest BCUT2D eigenvalue weighted by molar-refractivity contribution is -0.284. The maximum atomic E-state index is 14.4. The Hall–Kier alpha value is -3.46. The van der Waals surface area contributed by atoms with Crippen LogP contribution in [-0.2, 0) is 39.7 Å². The Labute approximate surface area is 268 Å². The average Bonchev–Trinajstić information content (AvgIpc) is 2.96. The first-order chi connectivity index (χ1) is 21.6. The van der Waals surface area contributed by atoms with Gasteiger partial charge in [-0.2, -0.15) is 26.3 Å². The summed E-state index contributed by atoms with van der Waals surface area (Å²) in [6, 6.07) is 12.3. The zero-order valence-corrected chi connectivity index (χ0v) is 26.6. The quantitative estimate of drug-likeness (QED) is 0.186. The number of carbonyl (C=O) groups is 2. The number of hydrogen-bond donors (Lipinski definition) is 2. The first-order valence-corrected chi connectivity index (χ1v) is 14.5. The number of alkyl halides is 6. The number of hydrogen-bond acceptors (Lipinski definition) is 8. The lowest BCUT2D eigenvalue weighted by Crippen LogP contribution is -2.63. The SMILES string of the molecule is CO[C@](C(=O)O[C@@H](C)/C=C/[C@@H]1C(C)(C)C[C@@H](OC(=O)[C@@](OC)(c2ccccc2)C(F)(F)F)[C@@H](O)[C@]1(C)O)(c1ccccc1)C(F)(F)F. The van der Waals surface area contributed by atoms with Gasteiger partial charge in [0.05, 0.1) is 5.60 Å². The van der Waals surface area contributed by atoms with Crippen LogP contribution in [0.1, 0.15) is 45.2 Å². The molecule has 0 unspecified atom stereocenters. The van der Waals surface area contributed by atoms with Crippen LogP contribution in [0.5, 0.6) is 0 Å². The van der Waals surface area contributed by atoms with Crippen LogP contribution in [0.15, 0.2) is 72.8 Å². The van der Waals surface area contributed by atoms with Crippen molar-refractivity contribution >= 4 is 11.9 Å². The van der Waals surface area contributed by atoms with Gasteiger partial charge in [-0.1, -0.05) is 80.6 Å². The second-order valence-electron chi connectivity index (χ2n) is 12.3. The van der Waals surface area contributed by atoms with Gasteiger partial charge in [-0.25, -0.2) is 9.59 Å². The summed E-state index contributed by atoms with van der Waals surface area (Å²) in [4.78, 5) is 26.3. The van der Waals surface area contributed by atoms with Crippen molar-refractivity contribution < 1.29 is 65.1 Å². The van der Waals surface area contributed by atoms with E-state index in [4.69, 9.17) is 18.9 Å². The summed E-state index contributed by atoms with van der Waals surface area (Å²) >= 11 is 0. The highest BCUT2D eigenvalue weighted by Gasteiger charge is 2.66. The molecule has 47 heavy (non-hydrogen) atoms. The standard InChI is InChI=1S/C33H38F6O8/c1-20(46-26(41)30(44-5,32(34,35)36)21-13-9-7-10-14-21)17-18-24-28(2,3)19-23(25(40)29(24,4)43)47-27(42)31(45-6,33(37,38)39)22-15-11-8-12-16-22/h7-18,20,23-25,40,43H,19H2,1-6H3/b18-17+/t20-,23+,24+,25+,29+,30-,31-/m0/s1. The van der Waals surface area contributed by atoms with Gasteiger partial charge in [0.2, 0.25) is 0 Å². The molecule has 0 aliphatic heterocycles. The van der Waals surface area contributed by atoms with Gasteiger partial charge in [0.25, 0.3) is 11.2 Å². The number of halogens is 6. The fourth-order valence-electron chi connectivity index (χ4n) is 6.22. The predicted octanol–water partition coefficient (Wildman–Crippen LogP) is 5.75. The number of aliphatic hydroxyl groups is 2. The number of ether oxygens (including phenoxy) is 4. The summed E-state index contributed by atoms with van der Waals surface area (Å²) in [6.45, 7) is 5.61. The van der Waals surface area contributed by atoms with Crippen LogP contribution in [-0.4, -0.2) is 72.6 Å². The molecule has 3 rings (SSSR count). The van der Waals surface area contributed by atoms with Crippen molar-refractivity contribution in [3.05, 3.63) is 83.9 Å². The van der Waals surface area contributed by atoms with Crippen LogP contribution in [0, 0.1) is 11.3 Å². The minimum Gasteiger partial charge on any atom is -0.457 e. The van der Waals surface area contributed by atoms with Crippen molar-refractivity contribution in [1.29, 1.82) is 0 Å². The van der Waals surface area contributed by atoms with Crippen LogP contribution in [0.2, 0.25) is 0 Å². The normalized spacial score (nSPS) is 26.6. The number of carbonyl (C=O) groups excluding carboxylic acids is 2. The van der Waals surface area contributed by atoms with Crippen LogP contribution in [0.25, 0.3) is 0 Å². The highest BCUT2D eigenvalue weighted by atomic mass is 19.4. The van der Waals surface area contributed by atoms with E-state index in [0.29, 0.717) is 7.11 Å². The largest absolute Gasteiger partial charge is 0.457 e. The first-order valence-electron chi connectivity index (χ1n) is 14.5. The Balaban J connectivity index is 1.87. The van der Waals surface area contributed by atoms with Crippen LogP contribution in [0.3, 0.4) is 0 Å².